The lowest BCUT2D eigenvalue weighted by Gasteiger charge is -2.11. The van der Waals surface area contributed by atoms with Gasteiger partial charge in [0.1, 0.15) is 23.0 Å². The van der Waals surface area contributed by atoms with Crippen LogP contribution >= 0.6 is 0 Å². The monoisotopic (exact) mass is 389 g/mol. The predicted molar refractivity (Wildman–Crippen MR) is 117 cm³/mol. The summed E-state index contributed by atoms with van der Waals surface area (Å²) in [6, 6.07) is 16.2. The second-order valence-corrected chi connectivity index (χ2v) is 7.03. The molecule has 150 valence electrons. The molecular weight excluding hydrogens is 362 g/mol. The van der Waals surface area contributed by atoms with Gasteiger partial charge in [0.25, 0.3) is 0 Å². The van der Waals surface area contributed by atoms with Crippen LogP contribution in [0.15, 0.2) is 60.9 Å². The quantitative estimate of drug-likeness (QED) is 0.388. The molecule has 0 aliphatic heterocycles. The Kier molecular flexibility index (Phi) is 6.79. The Morgan fingerprint density at radius 1 is 0.966 bits per heavy atom. The molecule has 3 rings (SSSR count). The molecule has 3 N–H and O–H groups in total. The molecule has 6 heteroatoms. The first-order chi connectivity index (χ1) is 14.1. The third-order valence-electron chi connectivity index (χ3n) is 4.59. The molecule has 0 saturated heterocycles. The van der Waals surface area contributed by atoms with Crippen LogP contribution in [0, 0.1) is 5.41 Å². The standard InChI is InChI=1S/C23H27N5O/c1-16(2)18-6-10-20(11-7-18)29-19-8-4-17(5-9-19)12-13-27-22(24)21-23(25-3)28-15-14-26-21/h4-11,14-16H,12-13H2,1-3H3,(H2,24,27)(H,25,28). The lowest BCUT2D eigenvalue weighted by atomic mass is 10.0. The van der Waals surface area contributed by atoms with Gasteiger partial charge in [-0.3, -0.25) is 5.41 Å². The third kappa shape index (κ3) is 5.54. The number of hydrogen-bond donors (Lipinski definition) is 3. The minimum Gasteiger partial charge on any atom is -0.457 e. The van der Waals surface area contributed by atoms with Crippen LogP contribution in [0.25, 0.3) is 0 Å². The van der Waals surface area contributed by atoms with E-state index in [0.29, 0.717) is 24.0 Å². The Morgan fingerprint density at radius 2 is 1.59 bits per heavy atom. The van der Waals surface area contributed by atoms with E-state index in [-0.39, 0.29) is 5.84 Å². The first-order valence-corrected chi connectivity index (χ1v) is 9.75. The molecule has 0 spiro atoms. The molecule has 0 aliphatic carbocycles. The highest BCUT2D eigenvalue weighted by Gasteiger charge is 2.09. The van der Waals surface area contributed by atoms with E-state index in [2.05, 4.69) is 46.6 Å². The van der Waals surface area contributed by atoms with Gasteiger partial charge >= 0.3 is 0 Å². The first-order valence-electron chi connectivity index (χ1n) is 9.75. The molecule has 0 amide bonds. The van der Waals surface area contributed by atoms with Gasteiger partial charge < -0.3 is 15.4 Å². The number of ether oxygens (including phenoxy) is 1. The van der Waals surface area contributed by atoms with Crippen LogP contribution < -0.4 is 15.4 Å². The Labute approximate surface area is 171 Å². The summed E-state index contributed by atoms with van der Waals surface area (Å²) in [5, 5.41) is 14.2. The normalized spacial score (nSPS) is 10.6. The number of rotatable bonds is 8. The molecule has 0 aliphatic rings. The maximum absolute atomic E-state index is 8.17. The van der Waals surface area contributed by atoms with Crippen molar-refractivity contribution in [2.75, 3.05) is 18.9 Å². The summed E-state index contributed by atoms with van der Waals surface area (Å²) in [6.07, 6.45) is 3.98. The van der Waals surface area contributed by atoms with Crippen LogP contribution in [-0.4, -0.2) is 29.4 Å². The molecule has 0 saturated carbocycles. The van der Waals surface area contributed by atoms with Crippen LogP contribution in [0.3, 0.4) is 0 Å². The summed E-state index contributed by atoms with van der Waals surface area (Å²) in [5.74, 6) is 3.00. The lowest BCUT2D eigenvalue weighted by molar-refractivity contribution is 0.482. The van der Waals surface area contributed by atoms with E-state index >= 15 is 0 Å². The molecule has 3 aromatic rings. The zero-order valence-corrected chi connectivity index (χ0v) is 17.1. The van der Waals surface area contributed by atoms with E-state index in [1.54, 1.807) is 19.4 Å². The highest BCUT2D eigenvalue weighted by atomic mass is 16.5. The SMILES string of the molecule is CNc1nccnc1C(=N)NCCc1ccc(Oc2ccc(C(C)C)cc2)cc1. The Morgan fingerprint density at radius 3 is 2.21 bits per heavy atom. The summed E-state index contributed by atoms with van der Waals surface area (Å²) >= 11 is 0. The second kappa shape index (κ2) is 9.68. The number of nitrogens with one attached hydrogen (secondary N) is 3. The van der Waals surface area contributed by atoms with Crippen molar-refractivity contribution in [1.29, 1.82) is 5.41 Å². The van der Waals surface area contributed by atoms with Crippen LogP contribution in [0.1, 0.15) is 36.6 Å². The van der Waals surface area contributed by atoms with Crippen molar-refractivity contribution < 1.29 is 4.74 Å². The summed E-state index contributed by atoms with van der Waals surface area (Å²) in [6.45, 7) is 4.99. The molecule has 0 fully saturated rings. The molecular formula is C23H27N5O. The Hall–Kier alpha value is -3.41. The van der Waals surface area contributed by atoms with Crippen molar-refractivity contribution in [2.45, 2.75) is 26.2 Å². The van der Waals surface area contributed by atoms with Gasteiger partial charge in [-0.1, -0.05) is 38.1 Å². The number of amidine groups is 1. The van der Waals surface area contributed by atoms with E-state index in [1.165, 1.54) is 11.1 Å². The lowest BCUT2D eigenvalue weighted by Crippen LogP contribution is -2.27. The summed E-state index contributed by atoms with van der Waals surface area (Å²) < 4.78 is 5.92. The van der Waals surface area contributed by atoms with E-state index in [4.69, 9.17) is 10.1 Å². The highest BCUT2D eigenvalue weighted by molar-refractivity contribution is 5.98. The number of benzene rings is 2. The molecule has 6 nitrogen and oxygen atoms in total. The van der Waals surface area contributed by atoms with Crippen LogP contribution in [0.4, 0.5) is 5.82 Å². The molecule has 1 aromatic heterocycles. The average molecular weight is 390 g/mol. The van der Waals surface area contributed by atoms with Crippen molar-refractivity contribution >= 4 is 11.7 Å². The van der Waals surface area contributed by atoms with E-state index in [9.17, 15) is 0 Å². The van der Waals surface area contributed by atoms with Gasteiger partial charge in [-0.25, -0.2) is 9.97 Å². The number of aromatic nitrogens is 2. The second-order valence-electron chi connectivity index (χ2n) is 7.03. The third-order valence-corrected chi connectivity index (χ3v) is 4.59. The van der Waals surface area contributed by atoms with Gasteiger partial charge in [0.05, 0.1) is 0 Å². The highest BCUT2D eigenvalue weighted by Crippen LogP contribution is 2.24. The molecule has 0 unspecified atom stereocenters. The Bertz CT molecular complexity index is 936. The van der Waals surface area contributed by atoms with E-state index < -0.39 is 0 Å². The summed E-state index contributed by atoms with van der Waals surface area (Å²) in [7, 11) is 1.77. The molecule has 0 bridgehead atoms. The number of hydrogen-bond acceptors (Lipinski definition) is 5. The van der Waals surface area contributed by atoms with Gasteiger partial charge in [-0.05, 0) is 47.7 Å². The smallest absolute Gasteiger partial charge is 0.155 e. The fourth-order valence-corrected chi connectivity index (χ4v) is 2.90. The molecule has 29 heavy (non-hydrogen) atoms. The molecule has 1 heterocycles. The molecule has 0 radical (unpaired) electrons. The minimum atomic E-state index is 0.257. The first kappa shape index (κ1) is 20.3. The number of nitrogens with zero attached hydrogens (tertiary/aromatic N) is 2. The van der Waals surface area contributed by atoms with Crippen molar-refractivity contribution in [3.05, 3.63) is 77.7 Å². The zero-order valence-electron chi connectivity index (χ0n) is 17.1. The predicted octanol–water partition coefficient (Wildman–Crippen LogP) is 4.59. The van der Waals surface area contributed by atoms with E-state index in [0.717, 1.165) is 17.9 Å². The maximum Gasteiger partial charge on any atom is 0.155 e. The van der Waals surface area contributed by atoms with Crippen LogP contribution in [-0.2, 0) is 6.42 Å². The topological polar surface area (TPSA) is 82.9 Å². The van der Waals surface area contributed by atoms with Gasteiger partial charge in [0, 0.05) is 26.0 Å². The number of anilines is 1. The molecule has 2 aromatic carbocycles. The van der Waals surface area contributed by atoms with Crippen molar-refractivity contribution in [1.82, 2.24) is 15.3 Å². The van der Waals surface area contributed by atoms with Crippen molar-refractivity contribution in [2.24, 2.45) is 0 Å². The zero-order chi connectivity index (χ0) is 20.6. The fraction of sp³-hybridized carbons (Fsp3) is 0.261. The summed E-state index contributed by atoms with van der Waals surface area (Å²) in [4.78, 5) is 8.39. The van der Waals surface area contributed by atoms with Crippen LogP contribution in [0.5, 0.6) is 11.5 Å². The van der Waals surface area contributed by atoms with Crippen molar-refractivity contribution in [3.63, 3.8) is 0 Å². The molecule has 0 atom stereocenters. The van der Waals surface area contributed by atoms with Gasteiger partial charge in [-0.2, -0.15) is 0 Å². The maximum atomic E-state index is 8.17. The van der Waals surface area contributed by atoms with Crippen LogP contribution in [0.2, 0.25) is 0 Å². The Balaban J connectivity index is 1.51. The van der Waals surface area contributed by atoms with Gasteiger partial charge in [0.2, 0.25) is 0 Å². The van der Waals surface area contributed by atoms with Gasteiger partial charge in [-0.15, -0.1) is 0 Å². The minimum absolute atomic E-state index is 0.257. The largest absolute Gasteiger partial charge is 0.457 e. The van der Waals surface area contributed by atoms with E-state index in [1.807, 2.05) is 36.4 Å². The van der Waals surface area contributed by atoms with Crippen molar-refractivity contribution in [3.8, 4) is 11.5 Å². The fourth-order valence-electron chi connectivity index (χ4n) is 2.90. The summed E-state index contributed by atoms with van der Waals surface area (Å²) in [5.41, 5.74) is 2.98. The van der Waals surface area contributed by atoms with Gasteiger partial charge in [0.15, 0.2) is 5.82 Å². The average Bonchev–Trinajstić information content (AvgIpc) is 2.75.